The molecule has 0 aromatic heterocycles. The van der Waals surface area contributed by atoms with Crippen LogP contribution in [0.5, 0.6) is 0 Å². The smallest absolute Gasteiger partial charge is 0.410 e. The van der Waals surface area contributed by atoms with Crippen LogP contribution in [-0.2, 0) is 76.0 Å². The van der Waals surface area contributed by atoms with Gasteiger partial charge in [-0.1, -0.05) is 145 Å². The van der Waals surface area contributed by atoms with Gasteiger partial charge in [-0.05, 0) is 125 Å². The molecule has 100 heavy (non-hydrogen) atoms. The van der Waals surface area contributed by atoms with Gasteiger partial charge in [-0.15, -0.1) is 0 Å². The Labute approximate surface area is 601 Å². The third-order valence-electron chi connectivity index (χ3n) is 26.0. The molecule has 0 radical (unpaired) electrons. The molecule has 21 nitrogen and oxygen atoms in total. The third-order valence-corrected chi connectivity index (χ3v) is 26.0. The lowest BCUT2D eigenvalue weighted by molar-refractivity contribution is -0.302. The number of fused-ring (bicyclic) bond motifs is 2. The lowest BCUT2D eigenvalue weighted by atomic mass is 9.69. The number of cyclic esters (lactones) is 2. The third kappa shape index (κ3) is 18.3. The van der Waals surface area contributed by atoms with Crippen LogP contribution in [-0.4, -0.2) is 181 Å². The molecule has 0 aromatic carbocycles. The Morgan fingerprint density at radius 1 is 0.430 bits per heavy atom. The van der Waals surface area contributed by atoms with Crippen molar-refractivity contribution >= 4 is 35.7 Å². The number of likely N-dealkylation sites (N-methyl/N-ethyl adjacent to an activating group) is 2. The number of aliphatic hydroxyl groups excluding tert-OH is 1. The van der Waals surface area contributed by atoms with E-state index in [1.54, 1.807) is 21.0 Å². The lowest BCUT2D eigenvalue weighted by Crippen LogP contribution is -2.55. The number of hydrogen-bond donors (Lipinski definition) is 1. The first-order valence-corrected chi connectivity index (χ1v) is 38.5. The Balaban J connectivity index is 0.000000281. The van der Waals surface area contributed by atoms with E-state index in [1.807, 2.05) is 69.2 Å². The number of carbonyl (C=O) groups excluding carboxylic acids is 6. The number of ether oxygens (including phenoxy) is 12. The highest BCUT2D eigenvalue weighted by atomic mass is 16.7. The summed E-state index contributed by atoms with van der Waals surface area (Å²) < 4.78 is 77.6. The van der Waals surface area contributed by atoms with Gasteiger partial charge in [0.15, 0.2) is 37.4 Å². The van der Waals surface area contributed by atoms with Crippen LogP contribution in [0.2, 0.25) is 0 Å². The van der Waals surface area contributed by atoms with Crippen LogP contribution in [0, 0.1) is 98.6 Å². The second-order valence-electron chi connectivity index (χ2n) is 35.8. The summed E-state index contributed by atoms with van der Waals surface area (Å²) >= 11 is 0. The highest BCUT2D eigenvalue weighted by molar-refractivity contribution is 5.86. The van der Waals surface area contributed by atoms with Crippen molar-refractivity contribution in [2.45, 2.75) is 355 Å². The maximum atomic E-state index is 14.3. The minimum absolute atomic E-state index is 0.0128. The molecule has 8 aliphatic heterocycles. The van der Waals surface area contributed by atoms with Crippen molar-refractivity contribution in [2.24, 2.45) is 98.6 Å². The molecule has 0 bridgehead atoms. The number of nitrogens with zero attached hydrogens (tertiary/aromatic N) is 2. The number of esters is 2. The van der Waals surface area contributed by atoms with Crippen LogP contribution in [0.1, 0.15) is 238 Å². The monoisotopic (exact) mass is 1420 g/mol. The predicted molar refractivity (Wildman–Crippen MR) is 379 cm³/mol. The number of Topliss-reactive ketones (excluding diaryl/α,β-unsaturated/α-hetero) is 2. The summed E-state index contributed by atoms with van der Waals surface area (Å²) in [6.45, 7) is 55.4. The Kier molecular flexibility index (Phi) is 27.7. The van der Waals surface area contributed by atoms with Gasteiger partial charge in [0.2, 0.25) is 0 Å². The van der Waals surface area contributed by atoms with Crippen LogP contribution in [0.4, 0.5) is 9.59 Å². The van der Waals surface area contributed by atoms with Gasteiger partial charge >= 0.3 is 24.1 Å². The van der Waals surface area contributed by atoms with Gasteiger partial charge in [-0.25, -0.2) is 9.59 Å². The van der Waals surface area contributed by atoms with Crippen molar-refractivity contribution in [3.8, 4) is 0 Å². The van der Waals surface area contributed by atoms with Crippen molar-refractivity contribution in [2.75, 3.05) is 14.1 Å². The van der Waals surface area contributed by atoms with E-state index in [1.165, 1.54) is 9.80 Å². The molecule has 0 spiro atoms. The largest absolute Gasteiger partial charge is 0.458 e. The molecule has 8 heterocycles. The summed E-state index contributed by atoms with van der Waals surface area (Å²) in [5.41, 5.74) is -1.34. The molecule has 8 saturated heterocycles. The van der Waals surface area contributed by atoms with E-state index in [4.69, 9.17) is 56.8 Å². The average molecular weight is 1420 g/mol. The lowest BCUT2D eigenvalue weighted by Gasteiger charge is -2.49. The first-order valence-electron chi connectivity index (χ1n) is 38.5. The molecule has 32 atom stereocenters. The van der Waals surface area contributed by atoms with E-state index >= 15 is 0 Å². The van der Waals surface area contributed by atoms with E-state index in [2.05, 4.69) is 111 Å². The van der Waals surface area contributed by atoms with E-state index in [9.17, 15) is 33.9 Å². The minimum Gasteiger partial charge on any atom is -0.458 e. The molecule has 4 unspecified atom stereocenters. The molecule has 1 N–H and O–H groups in total. The zero-order chi connectivity index (χ0) is 75.2. The molecule has 8 aliphatic rings. The molecule has 21 heteroatoms. The molecule has 8 rings (SSSR count). The fourth-order valence-electron chi connectivity index (χ4n) is 18.7. The molecule has 576 valence electrons. The van der Waals surface area contributed by atoms with Crippen LogP contribution < -0.4 is 0 Å². The summed E-state index contributed by atoms with van der Waals surface area (Å²) in [7, 11) is 3.29. The summed E-state index contributed by atoms with van der Waals surface area (Å²) in [4.78, 5) is 85.9. The van der Waals surface area contributed by atoms with Crippen LogP contribution in [0.15, 0.2) is 0 Å². The van der Waals surface area contributed by atoms with Gasteiger partial charge in [0.25, 0.3) is 0 Å². The normalized spacial score (nSPS) is 46.1. The first kappa shape index (κ1) is 83.7. The first-order chi connectivity index (χ1) is 46.2. The summed E-state index contributed by atoms with van der Waals surface area (Å²) in [6, 6.07) is -1.18. The number of ketones is 2. The summed E-state index contributed by atoms with van der Waals surface area (Å²) in [5.74, 6) is -3.94. The van der Waals surface area contributed by atoms with E-state index in [0.717, 1.165) is 6.42 Å². The predicted octanol–water partition coefficient (Wildman–Crippen LogP) is 14.0. The van der Waals surface area contributed by atoms with Crippen LogP contribution in [0.25, 0.3) is 0 Å². The molecular formula is C79H136N2O19. The highest BCUT2D eigenvalue weighted by Gasteiger charge is 2.57. The van der Waals surface area contributed by atoms with Crippen LogP contribution in [0.3, 0.4) is 0 Å². The van der Waals surface area contributed by atoms with E-state index in [0.29, 0.717) is 62.7 Å². The van der Waals surface area contributed by atoms with Crippen molar-refractivity contribution < 1.29 is 90.7 Å². The zero-order valence-corrected chi connectivity index (χ0v) is 66.8. The number of carbonyl (C=O) groups is 6. The standard InChI is InChI=1S/C40H69NO9.C39H67NO10/c1-16-29-34-31(41(15)38(44)49-34)24(6)32(42)21(3)18-40(13,14)35(50-37-23(5)20(2)17-22(4)45-37)25(7)33(26(8)36(43)47-29)48-30-19-39(11,12)27(9)28(10)46-30;1-15-27-33-29(40(14)37(44)49-33)22(5)30(41)20(3)17-39(12,13)34(50-36-31(42)19(2)16-21(4)45-36)23(6)32(24(7)35(43)47-27)48-28-18-38(10,11)25(8)26(9)46-28/h20-31,33-35,37H,16-19H2,1-15H3;19-29,31-34,36,42H,15-18H2,1-14H3/t20-,21+,22+,23+,24+,25-,26+,27-,28-,29+,30?,31+,33-,34+,35+,37?;19-,20+,21+,22+,23-,24+,25-,26-,27+,28?,29+,31+,32-,33+,34+,36?/m00/s1. The minimum atomic E-state index is -0.904. The van der Waals surface area contributed by atoms with Gasteiger partial charge in [0, 0.05) is 68.4 Å². The van der Waals surface area contributed by atoms with Crippen molar-refractivity contribution in [1.82, 2.24) is 9.80 Å². The van der Waals surface area contributed by atoms with Gasteiger partial charge in [-0.2, -0.15) is 0 Å². The number of amides is 2. The quantitative estimate of drug-likeness (QED) is 0.158. The topological polar surface area (TPSA) is 240 Å². The second-order valence-corrected chi connectivity index (χ2v) is 35.8. The van der Waals surface area contributed by atoms with Gasteiger partial charge in [0.1, 0.15) is 29.9 Å². The van der Waals surface area contributed by atoms with E-state index in [-0.39, 0.29) is 70.5 Å². The van der Waals surface area contributed by atoms with Crippen molar-refractivity contribution in [3.05, 3.63) is 0 Å². The molecule has 0 aromatic rings. The Bertz CT molecular complexity index is 2590. The van der Waals surface area contributed by atoms with E-state index < -0.39 is 163 Å². The highest BCUT2D eigenvalue weighted by Crippen LogP contribution is 2.49. The molecule has 2 amide bonds. The molecule has 0 saturated carbocycles. The number of rotatable bonds is 10. The van der Waals surface area contributed by atoms with Gasteiger partial charge < -0.3 is 71.7 Å². The maximum absolute atomic E-state index is 14.3. The van der Waals surface area contributed by atoms with Crippen molar-refractivity contribution in [1.29, 1.82) is 0 Å². The SMILES string of the molecule is CC[C@H]1OC(=O)[C@H](C)[C@@H](OC2CC(C)(C)[C@@H](C)[C@H](C)O2)[C@H](C)[C@@H](OC2O[C@H](C)C[C@H](C)[C@H]2C)C(C)(C)C[C@@H](C)C(=O)[C@H](C)[C@@H]2[C@@H]1OC(=O)N2C.CC[C@H]1OC(=O)[C@H](C)[C@@H](OC2CC(C)(C)[C@@H](C)[C@H](C)O2)[C@H](C)[C@@H](OC2O[C@H](C)C[C@H](C)[C@H]2O)C(C)(C)C[C@@H](C)C(=O)[C@H](C)[C@@H]2[C@@H]1OC(=O)N2C. The second kappa shape index (κ2) is 33.1. The van der Waals surface area contributed by atoms with Crippen molar-refractivity contribution in [3.63, 3.8) is 0 Å². The Morgan fingerprint density at radius 3 is 1.14 bits per heavy atom. The van der Waals surface area contributed by atoms with Gasteiger partial charge in [-0.3, -0.25) is 19.2 Å². The molecule has 8 fully saturated rings. The molecular weight excluding hydrogens is 1280 g/mol. The summed E-state index contributed by atoms with van der Waals surface area (Å²) in [6.07, 6.45) is -5.40. The number of aliphatic hydroxyl groups is 1. The molecule has 0 aliphatic carbocycles. The maximum Gasteiger partial charge on any atom is 0.410 e. The number of hydrogen-bond acceptors (Lipinski definition) is 19. The average Bonchev–Trinajstić information content (AvgIpc) is 1.52. The van der Waals surface area contributed by atoms with Gasteiger partial charge in [0.05, 0.1) is 72.8 Å². The van der Waals surface area contributed by atoms with Crippen LogP contribution >= 0.6 is 0 Å². The Hall–Kier alpha value is -3.54. The summed E-state index contributed by atoms with van der Waals surface area (Å²) in [5, 5.41) is 11.3. The fraction of sp³-hybridized carbons (Fsp3) is 0.924. The zero-order valence-electron chi connectivity index (χ0n) is 66.8. The fourth-order valence-corrected chi connectivity index (χ4v) is 18.7. The Morgan fingerprint density at radius 2 is 0.780 bits per heavy atom.